The fourth-order valence-electron chi connectivity index (χ4n) is 2.47. The lowest BCUT2D eigenvalue weighted by molar-refractivity contribution is -0.117. The Hall–Kier alpha value is -1.85. The van der Waals surface area contributed by atoms with Crippen molar-refractivity contribution in [2.45, 2.75) is 25.8 Å². The summed E-state index contributed by atoms with van der Waals surface area (Å²) in [4.78, 5) is 24.2. The van der Waals surface area contributed by atoms with E-state index in [1.54, 1.807) is 18.2 Å². The van der Waals surface area contributed by atoms with Crippen molar-refractivity contribution < 1.29 is 9.59 Å². The highest BCUT2D eigenvalue weighted by atomic mass is 79.9. The van der Waals surface area contributed by atoms with Gasteiger partial charge in [-0.3, -0.25) is 9.59 Å². The number of hydrogen-bond acceptors (Lipinski definition) is 2. The lowest BCUT2D eigenvalue weighted by Crippen LogP contribution is -2.27. The maximum absolute atomic E-state index is 12.4. The predicted molar refractivity (Wildman–Crippen MR) is 103 cm³/mol. The van der Waals surface area contributed by atoms with Crippen molar-refractivity contribution in [2.24, 2.45) is 5.92 Å². The maximum atomic E-state index is 12.4. The first-order valence-corrected chi connectivity index (χ1v) is 9.28. The number of rotatable bonds is 5. The van der Waals surface area contributed by atoms with Gasteiger partial charge >= 0.3 is 0 Å². The molecule has 0 bridgehead atoms. The molecule has 2 aromatic rings. The highest BCUT2D eigenvalue weighted by Gasteiger charge is 2.29. The van der Waals surface area contributed by atoms with Gasteiger partial charge in [0.25, 0.3) is 5.91 Å². The zero-order valence-corrected chi connectivity index (χ0v) is 16.0. The van der Waals surface area contributed by atoms with Crippen LogP contribution in [0.1, 0.15) is 41.7 Å². The van der Waals surface area contributed by atoms with Gasteiger partial charge in [0.05, 0.1) is 16.6 Å². The van der Waals surface area contributed by atoms with E-state index in [0.717, 1.165) is 28.6 Å². The summed E-state index contributed by atoms with van der Waals surface area (Å²) in [7, 11) is 0. The van der Waals surface area contributed by atoms with Crippen LogP contribution < -0.4 is 10.6 Å². The lowest BCUT2D eigenvalue weighted by Gasteiger charge is -2.16. The molecule has 0 heterocycles. The number of carbonyl (C=O) groups is 2. The number of benzene rings is 2. The van der Waals surface area contributed by atoms with Crippen LogP contribution in [0.25, 0.3) is 0 Å². The van der Waals surface area contributed by atoms with Crippen molar-refractivity contribution in [3.8, 4) is 0 Å². The third-order valence-corrected chi connectivity index (χ3v) is 4.97. The Balaban J connectivity index is 1.64. The van der Waals surface area contributed by atoms with Crippen LogP contribution >= 0.6 is 27.5 Å². The smallest absolute Gasteiger partial charge is 0.253 e. The van der Waals surface area contributed by atoms with Gasteiger partial charge in [0.2, 0.25) is 5.91 Å². The molecule has 1 fully saturated rings. The molecule has 0 aliphatic heterocycles. The number of amides is 2. The van der Waals surface area contributed by atoms with E-state index >= 15 is 0 Å². The van der Waals surface area contributed by atoms with Gasteiger partial charge in [0, 0.05) is 16.1 Å². The first-order chi connectivity index (χ1) is 11.9. The normalized spacial score (nSPS) is 14.7. The molecular formula is C19H18BrClN2O2. The van der Waals surface area contributed by atoms with E-state index in [9.17, 15) is 9.59 Å². The van der Waals surface area contributed by atoms with Gasteiger partial charge in [-0.2, -0.15) is 0 Å². The first-order valence-electron chi connectivity index (χ1n) is 8.11. The molecule has 1 atom stereocenters. The van der Waals surface area contributed by atoms with Crippen molar-refractivity contribution in [2.75, 3.05) is 5.32 Å². The summed E-state index contributed by atoms with van der Waals surface area (Å²) in [5.74, 6) is 0.0242. The van der Waals surface area contributed by atoms with Crippen molar-refractivity contribution >= 4 is 45.0 Å². The van der Waals surface area contributed by atoms with Crippen LogP contribution in [0.5, 0.6) is 0 Å². The predicted octanol–water partition coefficient (Wildman–Crippen LogP) is 4.94. The summed E-state index contributed by atoms with van der Waals surface area (Å²) in [6.07, 6.45) is 1.95. The summed E-state index contributed by atoms with van der Waals surface area (Å²) >= 11 is 9.44. The fraction of sp³-hybridized carbons (Fsp3) is 0.263. The van der Waals surface area contributed by atoms with Gasteiger partial charge in [-0.25, -0.2) is 0 Å². The van der Waals surface area contributed by atoms with Gasteiger partial charge in [-0.05, 0) is 55.7 Å². The van der Waals surface area contributed by atoms with E-state index in [2.05, 4.69) is 26.6 Å². The summed E-state index contributed by atoms with van der Waals surface area (Å²) in [5.41, 5.74) is 2.15. The Kier molecular flexibility index (Phi) is 5.45. The number of anilines is 1. The molecule has 1 saturated carbocycles. The molecule has 0 aromatic heterocycles. The molecule has 25 heavy (non-hydrogen) atoms. The Morgan fingerprint density at radius 3 is 2.48 bits per heavy atom. The number of hydrogen-bond donors (Lipinski definition) is 2. The van der Waals surface area contributed by atoms with E-state index in [0.29, 0.717) is 10.6 Å². The minimum Gasteiger partial charge on any atom is -0.345 e. The molecule has 1 unspecified atom stereocenters. The van der Waals surface area contributed by atoms with Gasteiger partial charge in [0.1, 0.15) is 0 Å². The molecular weight excluding hydrogens is 404 g/mol. The lowest BCUT2D eigenvalue weighted by atomic mass is 10.1. The summed E-state index contributed by atoms with van der Waals surface area (Å²) in [6, 6.07) is 12.5. The van der Waals surface area contributed by atoms with Crippen LogP contribution in [0.4, 0.5) is 5.69 Å². The molecule has 1 aliphatic rings. The van der Waals surface area contributed by atoms with Crippen LogP contribution in [-0.4, -0.2) is 11.8 Å². The zero-order chi connectivity index (χ0) is 18.0. The molecule has 4 nitrogen and oxygen atoms in total. The highest BCUT2D eigenvalue weighted by molar-refractivity contribution is 9.10. The second-order valence-corrected chi connectivity index (χ2v) is 7.53. The highest BCUT2D eigenvalue weighted by Crippen LogP contribution is 2.30. The quantitative estimate of drug-likeness (QED) is 0.718. The van der Waals surface area contributed by atoms with E-state index in [-0.39, 0.29) is 23.8 Å². The Morgan fingerprint density at radius 2 is 1.84 bits per heavy atom. The summed E-state index contributed by atoms with van der Waals surface area (Å²) in [5, 5.41) is 6.25. The Labute approximate surface area is 160 Å². The van der Waals surface area contributed by atoms with E-state index in [1.165, 1.54) is 0 Å². The average Bonchev–Trinajstić information content (AvgIpc) is 3.42. The number of nitrogens with one attached hydrogen (secondary N) is 2. The van der Waals surface area contributed by atoms with Crippen LogP contribution in [0.15, 0.2) is 46.9 Å². The van der Waals surface area contributed by atoms with Crippen molar-refractivity contribution in [3.63, 3.8) is 0 Å². The van der Waals surface area contributed by atoms with Crippen molar-refractivity contribution in [1.82, 2.24) is 5.32 Å². The molecule has 3 rings (SSSR count). The molecule has 0 spiro atoms. The topological polar surface area (TPSA) is 58.2 Å². The number of halogens is 2. The molecule has 2 N–H and O–H groups in total. The van der Waals surface area contributed by atoms with Gasteiger partial charge in [0.15, 0.2) is 0 Å². The molecule has 0 radical (unpaired) electrons. The van der Waals surface area contributed by atoms with E-state index in [4.69, 9.17) is 11.6 Å². The van der Waals surface area contributed by atoms with Crippen LogP contribution in [-0.2, 0) is 4.79 Å². The SMILES string of the molecule is CC(NC(=O)c1cc(Br)ccc1Cl)c1ccc(NC(=O)C2CC2)cc1. The Bertz CT molecular complexity index is 804. The van der Waals surface area contributed by atoms with E-state index in [1.807, 2.05) is 31.2 Å². The third-order valence-electron chi connectivity index (χ3n) is 4.15. The molecule has 2 amide bonds. The van der Waals surface area contributed by atoms with Gasteiger partial charge < -0.3 is 10.6 Å². The largest absolute Gasteiger partial charge is 0.345 e. The molecule has 2 aromatic carbocycles. The van der Waals surface area contributed by atoms with E-state index < -0.39 is 0 Å². The van der Waals surface area contributed by atoms with Crippen molar-refractivity contribution in [1.29, 1.82) is 0 Å². The zero-order valence-electron chi connectivity index (χ0n) is 13.7. The standard InChI is InChI=1S/C19H18BrClN2O2/c1-11(22-19(25)16-10-14(20)6-9-17(16)21)12-4-7-15(8-5-12)23-18(24)13-2-3-13/h4-11,13H,2-3H2,1H3,(H,22,25)(H,23,24). The third kappa shape index (κ3) is 4.61. The minimum atomic E-state index is -0.232. The summed E-state index contributed by atoms with van der Waals surface area (Å²) in [6.45, 7) is 1.90. The molecule has 0 saturated heterocycles. The summed E-state index contributed by atoms with van der Waals surface area (Å²) < 4.78 is 0.797. The maximum Gasteiger partial charge on any atom is 0.253 e. The van der Waals surface area contributed by atoms with Crippen molar-refractivity contribution in [3.05, 3.63) is 63.1 Å². The number of carbonyl (C=O) groups excluding carboxylic acids is 2. The molecule has 130 valence electrons. The second kappa shape index (κ2) is 7.58. The monoisotopic (exact) mass is 420 g/mol. The van der Waals surface area contributed by atoms with Crippen LogP contribution in [0.3, 0.4) is 0 Å². The fourth-order valence-corrected chi connectivity index (χ4v) is 3.04. The average molecular weight is 422 g/mol. The van der Waals surface area contributed by atoms with Crippen LogP contribution in [0.2, 0.25) is 5.02 Å². The van der Waals surface area contributed by atoms with Gasteiger partial charge in [-0.1, -0.05) is 39.7 Å². The van der Waals surface area contributed by atoms with Crippen LogP contribution in [0, 0.1) is 5.92 Å². The minimum absolute atomic E-state index is 0.0818. The van der Waals surface area contributed by atoms with Gasteiger partial charge in [-0.15, -0.1) is 0 Å². The molecule has 6 heteroatoms. The first kappa shape index (κ1) is 18.0. The Morgan fingerprint density at radius 1 is 1.16 bits per heavy atom. The molecule has 1 aliphatic carbocycles. The second-order valence-electron chi connectivity index (χ2n) is 6.20.